The van der Waals surface area contributed by atoms with Crippen molar-refractivity contribution in [2.24, 2.45) is 0 Å². The summed E-state index contributed by atoms with van der Waals surface area (Å²) < 4.78 is 34.8. The van der Waals surface area contributed by atoms with Crippen LogP contribution in [0.15, 0.2) is 30.2 Å². The van der Waals surface area contributed by atoms with E-state index in [1.807, 2.05) is 0 Å². The lowest BCUT2D eigenvalue weighted by atomic mass is 10.2. The molecule has 0 bridgehead atoms. The second-order valence-electron chi connectivity index (χ2n) is 3.98. The first kappa shape index (κ1) is 18.0. The highest BCUT2D eigenvalue weighted by Crippen LogP contribution is 2.23. The van der Waals surface area contributed by atoms with E-state index < -0.39 is 15.9 Å². The molecule has 1 rings (SSSR count). The fraction of sp³-hybridized carbons (Fsp3) is 0.308. The van der Waals surface area contributed by atoms with Crippen LogP contribution in [0.25, 0.3) is 0 Å². The van der Waals surface area contributed by atoms with Crippen LogP contribution in [0.1, 0.15) is 10.4 Å². The number of hydrogen-bond donors (Lipinski definition) is 3. The maximum absolute atomic E-state index is 11.9. The van der Waals surface area contributed by atoms with Gasteiger partial charge >= 0.3 is 0 Å². The molecule has 0 heterocycles. The third-order valence-corrected chi connectivity index (χ3v) is 3.23. The molecule has 0 aliphatic carbocycles. The molecule has 0 aliphatic heterocycles. The summed E-state index contributed by atoms with van der Waals surface area (Å²) in [5.41, 5.74) is -0.0196. The topological polar surface area (TPSA) is 122 Å². The molecule has 22 heavy (non-hydrogen) atoms. The number of aliphatic hydroxyl groups excluding tert-OH is 2. The summed E-state index contributed by atoms with van der Waals surface area (Å²) in [5.74, 6) is -0.459. The third-order valence-electron chi connectivity index (χ3n) is 2.32. The number of sulfonamides is 1. The maximum atomic E-state index is 11.9. The molecule has 0 spiro atoms. The monoisotopic (exact) mass is 331 g/mol. The lowest BCUT2D eigenvalue weighted by Crippen LogP contribution is -2.28. The van der Waals surface area contributed by atoms with Gasteiger partial charge in [0, 0.05) is 17.0 Å². The normalized spacial score (nSPS) is 10.8. The Hall–Kier alpha value is -2.10. The average Bonchev–Trinajstić information content (AvgIpc) is 2.50. The molecule has 122 valence electrons. The summed E-state index contributed by atoms with van der Waals surface area (Å²) in [7, 11) is -3.92. The quantitative estimate of drug-likeness (QED) is 0.564. The summed E-state index contributed by atoms with van der Waals surface area (Å²) in [6.07, 6.45) is 0. The zero-order valence-electron chi connectivity index (χ0n) is 11.7. The molecule has 8 nitrogen and oxygen atoms in total. The van der Waals surface area contributed by atoms with Crippen molar-refractivity contribution in [2.45, 2.75) is 0 Å². The van der Waals surface area contributed by atoms with E-state index in [1.165, 1.54) is 18.2 Å². The van der Waals surface area contributed by atoms with Crippen LogP contribution in [0.5, 0.6) is 11.5 Å². The van der Waals surface area contributed by atoms with Crippen molar-refractivity contribution in [1.29, 1.82) is 0 Å². The number of hydrogen-bond acceptors (Lipinski definition) is 7. The fourth-order valence-electron chi connectivity index (χ4n) is 1.43. The van der Waals surface area contributed by atoms with Crippen LogP contribution in [-0.4, -0.2) is 51.0 Å². The molecule has 1 aromatic carbocycles. The van der Waals surface area contributed by atoms with E-state index in [9.17, 15) is 13.2 Å². The lowest BCUT2D eigenvalue weighted by Gasteiger charge is -2.11. The van der Waals surface area contributed by atoms with Crippen molar-refractivity contribution in [1.82, 2.24) is 4.72 Å². The lowest BCUT2D eigenvalue weighted by molar-refractivity contribution is 0.0980. The molecule has 0 aromatic heterocycles. The van der Waals surface area contributed by atoms with Gasteiger partial charge in [-0.1, -0.05) is 6.58 Å². The van der Waals surface area contributed by atoms with Crippen molar-refractivity contribution in [2.75, 3.05) is 26.4 Å². The predicted octanol–water partition coefficient (Wildman–Crippen LogP) is -0.368. The Morgan fingerprint density at radius 2 is 1.64 bits per heavy atom. The van der Waals surface area contributed by atoms with Crippen LogP contribution in [0.2, 0.25) is 0 Å². The van der Waals surface area contributed by atoms with Gasteiger partial charge in [0.25, 0.3) is 15.9 Å². The van der Waals surface area contributed by atoms with E-state index in [0.29, 0.717) is 5.41 Å². The van der Waals surface area contributed by atoms with Gasteiger partial charge in [0.2, 0.25) is 0 Å². The van der Waals surface area contributed by atoms with Crippen molar-refractivity contribution in [3.8, 4) is 11.5 Å². The van der Waals surface area contributed by atoms with E-state index in [4.69, 9.17) is 19.7 Å². The Kier molecular flexibility index (Phi) is 6.83. The van der Waals surface area contributed by atoms with Gasteiger partial charge in [-0.25, -0.2) is 13.1 Å². The minimum absolute atomic E-state index is 0.00450. The van der Waals surface area contributed by atoms with Gasteiger partial charge in [-0.3, -0.25) is 4.79 Å². The summed E-state index contributed by atoms with van der Waals surface area (Å²) in [6, 6.07) is 4.05. The zero-order valence-corrected chi connectivity index (χ0v) is 12.5. The molecule has 1 amide bonds. The summed E-state index contributed by atoms with van der Waals surface area (Å²) in [6.45, 7) is 2.62. The van der Waals surface area contributed by atoms with Gasteiger partial charge in [0.05, 0.1) is 13.2 Å². The second kappa shape index (κ2) is 8.37. The van der Waals surface area contributed by atoms with Gasteiger partial charge in [-0.05, 0) is 12.1 Å². The first-order valence-electron chi connectivity index (χ1n) is 6.24. The smallest absolute Gasteiger partial charge is 0.265 e. The van der Waals surface area contributed by atoms with E-state index in [1.54, 1.807) is 4.72 Å². The Morgan fingerprint density at radius 1 is 1.14 bits per heavy atom. The molecule has 0 saturated heterocycles. The largest absolute Gasteiger partial charge is 0.491 e. The summed E-state index contributed by atoms with van der Waals surface area (Å²) >= 11 is 0. The van der Waals surface area contributed by atoms with Crippen LogP contribution in [0.3, 0.4) is 0 Å². The molecular weight excluding hydrogens is 314 g/mol. The molecule has 0 unspecified atom stereocenters. The summed E-state index contributed by atoms with van der Waals surface area (Å²) in [4.78, 5) is 11.9. The van der Waals surface area contributed by atoms with Crippen molar-refractivity contribution >= 4 is 15.9 Å². The number of ether oxygens (including phenoxy) is 2. The molecule has 3 N–H and O–H groups in total. The van der Waals surface area contributed by atoms with Crippen LogP contribution in [0.4, 0.5) is 0 Å². The Morgan fingerprint density at radius 3 is 2.05 bits per heavy atom. The van der Waals surface area contributed by atoms with E-state index in [0.717, 1.165) is 0 Å². The maximum Gasteiger partial charge on any atom is 0.265 e. The zero-order chi connectivity index (χ0) is 16.6. The number of benzene rings is 1. The highest BCUT2D eigenvalue weighted by atomic mass is 32.2. The highest BCUT2D eigenvalue weighted by Gasteiger charge is 2.15. The van der Waals surface area contributed by atoms with Crippen molar-refractivity contribution < 1.29 is 32.9 Å². The number of amides is 1. The number of carbonyl (C=O) groups excluding carboxylic acids is 1. The molecule has 0 radical (unpaired) electrons. The Labute approximate surface area is 128 Å². The van der Waals surface area contributed by atoms with Crippen molar-refractivity contribution in [3.05, 3.63) is 35.7 Å². The number of aliphatic hydroxyl groups is 2. The molecule has 0 saturated carbocycles. The van der Waals surface area contributed by atoms with Gasteiger partial charge in [0.15, 0.2) is 0 Å². The highest BCUT2D eigenvalue weighted by molar-refractivity contribution is 7.92. The fourth-order valence-corrected chi connectivity index (χ4v) is 1.89. The predicted molar refractivity (Wildman–Crippen MR) is 78.2 cm³/mol. The average molecular weight is 331 g/mol. The second-order valence-corrected chi connectivity index (χ2v) is 5.61. The molecule has 0 atom stereocenters. The Balaban J connectivity index is 3.04. The Bertz CT molecular complexity index is 601. The van der Waals surface area contributed by atoms with Crippen LogP contribution in [-0.2, 0) is 10.0 Å². The minimum atomic E-state index is -3.92. The van der Waals surface area contributed by atoms with E-state index in [-0.39, 0.29) is 43.5 Å². The van der Waals surface area contributed by atoms with Crippen LogP contribution in [0, 0.1) is 0 Å². The van der Waals surface area contributed by atoms with Gasteiger partial charge < -0.3 is 19.7 Å². The first-order chi connectivity index (χ1) is 10.4. The van der Waals surface area contributed by atoms with Gasteiger partial charge in [0.1, 0.15) is 24.7 Å². The van der Waals surface area contributed by atoms with E-state index in [2.05, 4.69) is 6.58 Å². The SMILES string of the molecule is C=CS(=O)(=O)NC(=O)c1cc(OCCO)cc(OCCO)c1. The number of rotatable bonds is 9. The van der Waals surface area contributed by atoms with Gasteiger partial charge in [-0.2, -0.15) is 0 Å². The number of nitrogens with one attached hydrogen (secondary N) is 1. The van der Waals surface area contributed by atoms with Crippen LogP contribution < -0.4 is 14.2 Å². The van der Waals surface area contributed by atoms with Crippen molar-refractivity contribution in [3.63, 3.8) is 0 Å². The minimum Gasteiger partial charge on any atom is -0.491 e. The van der Waals surface area contributed by atoms with E-state index >= 15 is 0 Å². The standard InChI is InChI=1S/C13H17NO7S/c1-2-22(18,19)14-13(17)10-7-11(20-5-3-15)9-12(8-10)21-6-4-16/h2,7-9,15-16H,1,3-6H2,(H,14,17). The molecule has 0 fully saturated rings. The molecular formula is C13H17NO7S. The molecule has 0 aliphatic rings. The third kappa shape index (κ3) is 5.72. The summed E-state index contributed by atoms with van der Waals surface area (Å²) in [5, 5.41) is 18.1. The van der Waals surface area contributed by atoms with Crippen LogP contribution >= 0.6 is 0 Å². The number of carbonyl (C=O) groups is 1. The molecule has 9 heteroatoms. The molecule has 1 aromatic rings. The van der Waals surface area contributed by atoms with Gasteiger partial charge in [-0.15, -0.1) is 0 Å². The first-order valence-corrected chi connectivity index (χ1v) is 7.78.